The molecule has 0 fully saturated rings. The summed E-state index contributed by atoms with van der Waals surface area (Å²) in [7, 11) is 0. The number of aryl methyl sites for hydroxylation is 2. The third-order valence-corrected chi connectivity index (χ3v) is 5.32. The molecule has 0 saturated carbocycles. The summed E-state index contributed by atoms with van der Waals surface area (Å²) >= 11 is 0. The van der Waals surface area contributed by atoms with Gasteiger partial charge in [-0.2, -0.15) is 5.10 Å². The molecule has 8 nitrogen and oxygen atoms in total. The Morgan fingerprint density at radius 1 is 0.824 bits per heavy atom. The summed E-state index contributed by atoms with van der Waals surface area (Å²) in [5.41, 5.74) is 5.07. The minimum absolute atomic E-state index is 0.162. The van der Waals surface area contributed by atoms with Gasteiger partial charge in [0.15, 0.2) is 11.6 Å². The molecule has 0 bridgehead atoms. The number of hydrogen-bond acceptors (Lipinski definition) is 5. The zero-order valence-corrected chi connectivity index (χ0v) is 18.8. The van der Waals surface area contributed by atoms with E-state index in [4.69, 9.17) is 0 Å². The summed E-state index contributed by atoms with van der Waals surface area (Å²) in [5, 5.41) is 19.1. The lowest BCUT2D eigenvalue weighted by Crippen LogP contribution is -2.11. The van der Waals surface area contributed by atoms with E-state index in [1.165, 1.54) is 0 Å². The summed E-state index contributed by atoms with van der Waals surface area (Å²) in [4.78, 5) is 12.6. The summed E-state index contributed by atoms with van der Waals surface area (Å²) in [6.07, 6.45) is 3.93. The predicted octanol–water partition coefficient (Wildman–Crippen LogP) is 5.07. The van der Waals surface area contributed by atoms with Crippen LogP contribution in [0.2, 0.25) is 0 Å². The van der Waals surface area contributed by atoms with Crippen LogP contribution in [0.3, 0.4) is 0 Å². The fourth-order valence-electron chi connectivity index (χ4n) is 3.65. The molecule has 34 heavy (non-hydrogen) atoms. The van der Waals surface area contributed by atoms with Gasteiger partial charge in [-0.1, -0.05) is 0 Å². The highest BCUT2D eigenvalue weighted by Crippen LogP contribution is 2.19. The van der Waals surface area contributed by atoms with Crippen molar-refractivity contribution >= 4 is 23.1 Å². The Kier molecular flexibility index (Phi) is 5.61. The second-order valence-corrected chi connectivity index (χ2v) is 7.91. The number of anilines is 3. The summed E-state index contributed by atoms with van der Waals surface area (Å²) in [6, 6.07) is 24.5. The molecule has 0 aliphatic rings. The van der Waals surface area contributed by atoms with Crippen LogP contribution in [-0.4, -0.2) is 30.5 Å². The van der Waals surface area contributed by atoms with Crippen LogP contribution in [0, 0.1) is 13.8 Å². The quantitative estimate of drug-likeness (QED) is 0.378. The molecule has 3 aromatic heterocycles. The van der Waals surface area contributed by atoms with Crippen molar-refractivity contribution in [1.82, 2.24) is 24.5 Å². The molecule has 0 aliphatic carbocycles. The van der Waals surface area contributed by atoms with Gasteiger partial charge in [-0.25, -0.2) is 4.68 Å². The van der Waals surface area contributed by atoms with Crippen molar-refractivity contribution in [3.63, 3.8) is 0 Å². The molecule has 8 heteroatoms. The molecule has 5 aromatic rings. The molecule has 5 rings (SSSR count). The molecule has 0 saturated heterocycles. The van der Waals surface area contributed by atoms with Crippen molar-refractivity contribution in [2.45, 2.75) is 13.8 Å². The molecule has 3 heterocycles. The smallest absolute Gasteiger partial charge is 0.255 e. The number of nitrogens with one attached hydrogen (secondary N) is 2. The highest BCUT2D eigenvalue weighted by molar-refractivity contribution is 6.04. The second kappa shape index (κ2) is 9.03. The monoisotopic (exact) mass is 449 g/mol. The van der Waals surface area contributed by atoms with Crippen LogP contribution in [0.25, 0.3) is 11.5 Å². The summed E-state index contributed by atoms with van der Waals surface area (Å²) in [6.45, 7) is 3.92. The maximum Gasteiger partial charge on any atom is 0.255 e. The van der Waals surface area contributed by atoms with Crippen molar-refractivity contribution in [3.05, 3.63) is 108 Å². The Balaban J connectivity index is 1.21. The molecule has 0 unspecified atom stereocenters. The number of benzene rings is 2. The lowest BCUT2D eigenvalue weighted by Gasteiger charge is -2.09. The predicted molar refractivity (Wildman–Crippen MR) is 132 cm³/mol. The lowest BCUT2D eigenvalue weighted by atomic mass is 10.2. The fourth-order valence-corrected chi connectivity index (χ4v) is 3.65. The number of aromatic nitrogens is 5. The third-order valence-electron chi connectivity index (χ3n) is 5.32. The van der Waals surface area contributed by atoms with Crippen molar-refractivity contribution < 1.29 is 4.79 Å². The van der Waals surface area contributed by atoms with Gasteiger partial charge < -0.3 is 15.2 Å². The van der Waals surface area contributed by atoms with Gasteiger partial charge in [0.2, 0.25) is 0 Å². The van der Waals surface area contributed by atoms with Gasteiger partial charge in [-0.05, 0) is 92.7 Å². The zero-order valence-electron chi connectivity index (χ0n) is 18.8. The SMILES string of the molecule is Cc1cc(C)n(-c2ccc(Nc3ccc(NC(=O)c4ccc(-n5cccc5)cc4)cc3)nn2)n1. The van der Waals surface area contributed by atoms with Crippen molar-refractivity contribution in [2.24, 2.45) is 0 Å². The Morgan fingerprint density at radius 2 is 1.53 bits per heavy atom. The normalized spacial score (nSPS) is 10.8. The van der Waals surface area contributed by atoms with Crippen molar-refractivity contribution in [3.8, 4) is 11.5 Å². The average molecular weight is 450 g/mol. The van der Waals surface area contributed by atoms with Gasteiger partial charge in [-0.15, -0.1) is 10.2 Å². The molecule has 0 aliphatic heterocycles. The minimum atomic E-state index is -0.162. The van der Waals surface area contributed by atoms with E-state index in [9.17, 15) is 4.79 Å². The van der Waals surface area contributed by atoms with E-state index < -0.39 is 0 Å². The Hall–Kier alpha value is -4.72. The number of carbonyl (C=O) groups is 1. The standard InChI is InChI=1S/C26H23N7O/c1-18-17-19(2)33(31-18)25-14-13-24(29-30-25)27-21-7-9-22(10-8-21)28-26(34)20-5-11-23(12-6-20)32-15-3-4-16-32/h3-17H,1-2H3,(H,27,29)(H,28,34). The first-order chi connectivity index (χ1) is 16.5. The zero-order chi connectivity index (χ0) is 23.5. The van der Waals surface area contributed by atoms with Gasteiger partial charge >= 0.3 is 0 Å². The first-order valence-corrected chi connectivity index (χ1v) is 10.8. The third kappa shape index (κ3) is 4.56. The van der Waals surface area contributed by atoms with Gasteiger partial charge in [0.25, 0.3) is 5.91 Å². The van der Waals surface area contributed by atoms with Crippen LogP contribution in [0.15, 0.2) is 91.3 Å². The Morgan fingerprint density at radius 3 is 2.15 bits per heavy atom. The maximum atomic E-state index is 12.6. The van der Waals surface area contributed by atoms with Crippen LogP contribution in [0.4, 0.5) is 17.2 Å². The summed E-state index contributed by atoms with van der Waals surface area (Å²) in [5.74, 6) is 1.12. The number of carbonyl (C=O) groups excluding carboxylic acids is 1. The Bertz CT molecular complexity index is 1400. The van der Waals surface area contributed by atoms with Gasteiger partial charge in [0.1, 0.15) is 0 Å². The van der Waals surface area contributed by atoms with E-state index in [0.717, 1.165) is 22.8 Å². The first-order valence-electron chi connectivity index (χ1n) is 10.8. The molecule has 2 aromatic carbocycles. The van der Waals surface area contributed by atoms with Gasteiger partial charge in [-0.3, -0.25) is 4.79 Å². The first kappa shape index (κ1) is 21.1. The van der Waals surface area contributed by atoms with E-state index >= 15 is 0 Å². The van der Waals surface area contributed by atoms with Crippen LogP contribution in [0.1, 0.15) is 21.7 Å². The topological polar surface area (TPSA) is 89.7 Å². The molecule has 1 amide bonds. The van der Waals surface area contributed by atoms with Gasteiger partial charge in [0.05, 0.1) is 5.69 Å². The van der Waals surface area contributed by atoms with Gasteiger partial charge in [0, 0.05) is 40.7 Å². The molecular weight excluding hydrogens is 426 g/mol. The van der Waals surface area contributed by atoms with Crippen molar-refractivity contribution in [2.75, 3.05) is 10.6 Å². The van der Waals surface area contributed by atoms with E-state index in [2.05, 4.69) is 25.9 Å². The van der Waals surface area contributed by atoms with Crippen LogP contribution in [-0.2, 0) is 0 Å². The lowest BCUT2D eigenvalue weighted by molar-refractivity contribution is 0.102. The number of rotatable bonds is 6. The molecule has 0 radical (unpaired) electrons. The molecule has 168 valence electrons. The number of amides is 1. The fraction of sp³-hybridized carbons (Fsp3) is 0.0769. The number of hydrogen-bond donors (Lipinski definition) is 2. The Labute approximate surface area is 196 Å². The highest BCUT2D eigenvalue weighted by Gasteiger charge is 2.08. The van der Waals surface area contributed by atoms with E-state index in [1.54, 1.807) is 4.68 Å². The van der Waals surface area contributed by atoms with Crippen LogP contribution < -0.4 is 10.6 Å². The van der Waals surface area contributed by atoms with E-state index in [1.807, 2.05) is 110 Å². The second-order valence-electron chi connectivity index (χ2n) is 7.91. The minimum Gasteiger partial charge on any atom is -0.339 e. The molecular formula is C26H23N7O. The molecule has 0 atom stereocenters. The van der Waals surface area contributed by atoms with E-state index in [0.29, 0.717) is 22.9 Å². The van der Waals surface area contributed by atoms with Crippen LogP contribution in [0.5, 0.6) is 0 Å². The molecule has 0 spiro atoms. The molecule has 2 N–H and O–H groups in total. The van der Waals surface area contributed by atoms with Crippen LogP contribution >= 0.6 is 0 Å². The number of nitrogens with zero attached hydrogens (tertiary/aromatic N) is 5. The maximum absolute atomic E-state index is 12.6. The van der Waals surface area contributed by atoms with E-state index in [-0.39, 0.29) is 5.91 Å². The highest BCUT2D eigenvalue weighted by atomic mass is 16.1. The largest absolute Gasteiger partial charge is 0.339 e. The summed E-state index contributed by atoms with van der Waals surface area (Å²) < 4.78 is 3.75. The average Bonchev–Trinajstić information content (AvgIpc) is 3.50. The van der Waals surface area contributed by atoms with Crippen molar-refractivity contribution in [1.29, 1.82) is 0 Å².